The molecule has 2 aliphatic heterocycles. The van der Waals surface area contributed by atoms with Gasteiger partial charge in [0.2, 0.25) is 0 Å². The summed E-state index contributed by atoms with van der Waals surface area (Å²) in [5.41, 5.74) is 1.79. The first kappa shape index (κ1) is 21.0. The molecule has 2 saturated heterocycles. The van der Waals surface area contributed by atoms with Gasteiger partial charge in [0.1, 0.15) is 5.75 Å². The quantitative estimate of drug-likeness (QED) is 0.616. The van der Waals surface area contributed by atoms with Crippen molar-refractivity contribution in [2.24, 2.45) is 10.4 Å². The molecule has 0 spiro atoms. The molecule has 0 bridgehead atoms. The molecule has 0 atom stereocenters. The van der Waals surface area contributed by atoms with Crippen molar-refractivity contribution in [3.63, 3.8) is 0 Å². The highest BCUT2D eigenvalue weighted by Gasteiger charge is 2.54. The second-order valence-corrected chi connectivity index (χ2v) is 9.28. The van der Waals surface area contributed by atoms with Crippen molar-refractivity contribution in [1.29, 1.82) is 0 Å². The van der Waals surface area contributed by atoms with Crippen LogP contribution in [0.4, 0.5) is 0 Å². The minimum absolute atomic E-state index is 0.0590. The third kappa shape index (κ3) is 3.73. The number of ether oxygens (including phenoxy) is 2. The number of likely N-dealkylation sites (tertiary alicyclic amines) is 1. The van der Waals surface area contributed by atoms with E-state index in [-0.39, 0.29) is 16.4 Å². The molecule has 5 heteroatoms. The summed E-state index contributed by atoms with van der Waals surface area (Å²) in [6.45, 7) is 15.5. The molecule has 3 rings (SSSR count). The second-order valence-electron chi connectivity index (χ2n) is 9.28. The first-order valence-corrected chi connectivity index (χ1v) is 10.6. The van der Waals surface area contributed by atoms with Crippen LogP contribution in [0.15, 0.2) is 29.3 Å². The first-order valence-electron chi connectivity index (χ1n) is 10.6. The molecule has 1 N–H and O–H groups in total. The Balaban J connectivity index is 1.76. The molecule has 0 unspecified atom stereocenters. The number of nitrogens with zero attached hydrogens (tertiary/aromatic N) is 2. The van der Waals surface area contributed by atoms with Crippen LogP contribution < -0.4 is 10.1 Å². The van der Waals surface area contributed by atoms with E-state index in [2.05, 4.69) is 67.2 Å². The van der Waals surface area contributed by atoms with Crippen molar-refractivity contribution in [3.05, 3.63) is 29.8 Å². The normalized spacial score (nSPS) is 23.1. The van der Waals surface area contributed by atoms with Gasteiger partial charge in [0, 0.05) is 49.7 Å². The van der Waals surface area contributed by atoms with Crippen molar-refractivity contribution in [1.82, 2.24) is 10.2 Å². The monoisotopic (exact) mass is 387 g/mol. The third-order valence-electron chi connectivity index (χ3n) is 7.16. The lowest BCUT2D eigenvalue weighted by Gasteiger charge is -2.62. The zero-order chi connectivity index (χ0) is 20.4. The Labute approximate surface area is 170 Å². The second kappa shape index (κ2) is 7.94. The van der Waals surface area contributed by atoms with Gasteiger partial charge in [0.25, 0.3) is 0 Å². The minimum atomic E-state index is 0.0590. The summed E-state index contributed by atoms with van der Waals surface area (Å²) in [5.74, 6) is 1.93. The molecule has 0 saturated carbocycles. The molecule has 1 aromatic carbocycles. The van der Waals surface area contributed by atoms with Gasteiger partial charge in [-0.2, -0.15) is 0 Å². The Kier molecular flexibility index (Phi) is 5.95. The van der Waals surface area contributed by atoms with Gasteiger partial charge in [-0.15, -0.1) is 0 Å². The molecular formula is C23H37N3O2. The van der Waals surface area contributed by atoms with E-state index >= 15 is 0 Å². The van der Waals surface area contributed by atoms with Crippen molar-refractivity contribution >= 4 is 5.96 Å². The van der Waals surface area contributed by atoms with Crippen LogP contribution in [0.3, 0.4) is 0 Å². The SMILES string of the molecule is CCOc1ccc(C2(CNC(=NC)N3CC(C)(C)C3(C)C)CCOCC2)cc1. The van der Waals surface area contributed by atoms with Crippen LogP contribution in [-0.4, -0.2) is 56.4 Å². The zero-order valence-corrected chi connectivity index (χ0v) is 18.5. The van der Waals surface area contributed by atoms with Crippen LogP contribution in [0, 0.1) is 5.41 Å². The Bertz CT molecular complexity index is 688. The summed E-state index contributed by atoms with van der Waals surface area (Å²) < 4.78 is 11.3. The highest BCUT2D eigenvalue weighted by atomic mass is 16.5. The Hall–Kier alpha value is -1.75. The molecule has 0 radical (unpaired) electrons. The van der Waals surface area contributed by atoms with Gasteiger partial charge in [-0.05, 0) is 51.3 Å². The number of rotatable bonds is 5. The molecule has 5 nitrogen and oxygen atoms in total. The standard InChI is InChI=1S/C23H37N3O2/c1-7-28-19-10-8-18(9-11-19)23(12-14-27-15-13-23)16-25-20(24-6)26-17-21(2,3)22(26,4)5/h8-11H,7,12-17H2,1-6H3,(H,24,25). The fraction of sp³-hybridized carbons (Fsp3) is 0.696. The lowest BCUT2D eigenvalue weighted by molar-refractivity contribution is -0.0671. The van der Waals surface area contributed by atoms with Gasteiger partial charge in [-0.25, -0.2) is 0 Å². The Morgan fingerprint density at radius 3 is 2.29 bits per heavy atom. The summed E-state index contributed by atoms with van der Waals surface area (Å²) in [5, 5.41) is 3.70. The van der Waals surface area contributed by atoms with E-state index in [9.17, 15) is 0 Å². The molecule has 28 heavy (non-hydrogen) atoms. The molecule has 1 aromatic rings. The number of guanidine groups is 1. The maximum absolute atomic E-state index is 5.69. The topological polar surface area (TPSA) is 46.1 Å². The lowest BCUT2D eigenvalue weighted by atomic mass is 9.65. The van der Waals surface area contributed by atoms with Crippen molar-refractivity contribution in [2.45, 2.75) is 58.4 Å². The Morgan fingerprint density at radius 1 is 1.14 bits per heavy atom. The van der Waals surface area contributed by atoms with Crippen LogP contribution >= 0.6 is 0 Å². The van der Waals surface area contributed by atoms with E-state index in [0.29, 0.717) is 6.61 Å². The van der Waals surface area contributed by atoms with Gasteiger partial charge in [-0.1, -0.05) is 26.0 Å². The van der Waals surface area contributed by atoms with Gasteiger partial charge in [0.05, 0.1) is 6.61 Å². The fourth-order valence-corrected chi connectivity index (χ4v) is 4.34. The van der Waals surface area contributed by atoms with Crippen molar-refractivity contribution in [2.75, 3.05) is 40.0 Å². The predicted molar refractivity (Wildman–Crippen MR) is 115 cm³/mol. The predicted octanol–water partition coefficient (Wildman–Crippen LogP) is 3.83. The van der Waals surface area contributed by atoms with E-state index in [0.717, 1.165) is 50.9 Å². The fourth-order valence-electron chi connectivity index (χ4n) is 4.34. The molecule has 0 amide bonds. The smallest absolute Gasteiger partial charge is 0.194 e. The van der Waals surface area contributed by atoms with E-state index in [1.54, 1.807) is 0 Å². The highest BCUT2D eigenvalue weighted by molar-refractivity contribution is 5.82. The molecule has 2 heterocycles. The largest absolute Gasteiger partial charge is 0.494 e. The number of hydrogen-bond acceptors (Lipinski definition) is 3. The van der Waals surface area contributed by atoms with Gasteiger partial charge < -0.3 is 19.7 Å². The molecule has 156 valence electrons. The van der Waals surface area contributed by atoms with Gasteiger partial charge >= 0.3 is 0 Å². The zero-order valence-electron chi connectivity index (χ0n) is 18.5. The lowest BCUT2D eigenvalue weighted by Crippen LogP contribution is -2.72. The van der Waals surface area contributed by atoms with Crippen LogP contribution in [0.5, 0.6) is 5.75 Å². The number of hydrogen-bond donors (Lipinski definition) is 1. The van der Waals surface area contributed by atoms with E-state index in [4.69, 9.17) is 9.47 Å². The van der Waals surface area contributed by atoms with Gasteiger partial charge in [-0.3, -0.25) is 4.99 Å². The maximum Gasteiger partial charge on any atom is 0.194 e. The van der Waals surface area contributed by atoms with Gasteiger partial charge in [0.15, 0.2) is 5.96 Å². The molecule has 2 aliphatic rings. The van der Waals surface area contributed by atoms with Crippen LogP contribution in [0.1, 0.15) is 53.0 Å². The third-order valence-corrected chi connectivity index (χ3v) is 7.16. The van der Waals surface area contributed by atoms with Crippen LogP contribution in [0.2, 0.25) is 0 Å². The van der Waals surface area contributed by atoms with E-state index < -0.39 is 0 Å². The minimum Gasteiger partial charge on any atom is -0.494 e. The summed E-state index contributed by atoms with van der Waals surface area (Å²) in [6.07, 6.45) is 2.03. The van der Waals surface area contributed by atoms with Crippen molar-refractivity contribution < 1.29 is 9.47 Å². The van der Waals surface area contributed by atoms with Crippen LogP contribution in [0.25, 0.3) is 0 Å². The first-order chi connectivity index (χ1) is 13.3. The van der Waals surface area contributed by atoms with Crippen LogP contribution in [-0.2, 0) is 10.2 Å². The summed E-state index contributed by atoms with van der Waals surface area (Å²) in [7, 11) is 1.89. The average molecular weight is 388 g/mol. The van der Waals surface area contributed by atoms with E-state index in [1.165, 1.54) is 5.56 Å². The average Bonchev–Trinajstić information content (AvgIpc) is 2.69. The summed E-state index contributed by atoms with van der Waals surface area (Å²) >= 11 is 0. The number of nitrogens with one attached hydrogen (secondary N) is 1. The highest BCUT2D eigenvalue weighted by Crippen LogP contribution is 2.46. The Morgan fingerprint density at radius 2 is 1.79 bits per heavy atom. The number of aliphatic imine (C=N–C) groups is 1. The van der Waals surface area contributed by atoms with E-state index in [1.807, 2.05) is 14.0 Å². The van der Waals surface area contributed by atoms with Crippen molar-refractivity contribution in [3.8, 4) is 5.75 Å². The maximum atomic E-state index is 5.69. The summed E-state index contributed by atoms with van der Waals surface area (Å²) in [4.78, 5) is 7.00. The number of benzene rings is 1. The molecule has 0 aromatic heterocycles. The summed E-state index contributed by atoms with van der Waals surface area (Å²) in [6, 6.07) is 8.62. The molecule has 2 fully saturated rings. The molecule has 0 aliphatic carbocycles. The molecular weight excluding hydrogens is 350 g/mol.